The van der Waals surface area contributed by atoms with Crippen molar-refractivity contribution in [1.29, 1.82) is 0 Å². The number of hydrazine groups is 1. The number of benzene rings is 1. The Balaban J connectivity index is 1.42. The number of Topliss-reactive ketones (excluding diaryl/α,β-unsaturated/α-hetero) is 1. The summed E-state index contributed by atoms with van der Waals surface area (Å²) < 4.78 is 7.02. The van der Waals surface area contributed by atoms with Gasteiger partial charge in [-0.15, -0.1) is 0 Å². The summed E-state index contributed by atoms with van der Waals surface area (Å²) in [7, 11) is -1.55. The zero-order valence-electron chi connectivity index (χ0n) is 18.6. The molecule has 0 aromatic heterocycles. The fraction of sp³-hybridized carbons (Fsp3) is 0.696. The van der Waals surface area contributed by atoms with Crippen LogP contribution in [0.3, 0.4) is 0 Å². The first-order valence-corrected chi connectivity index (χ1v) is 13.6. The molecule has 0 aliphatic carbocycles. The first kappa shape index (κ1) is 25.4. The molecule has 0 atom stereocenters. The summed E-state index contributed by atoms with van der Waals surface area (Å²) in [5.41, 5.74) is 0.825. The maximum atomic E-state index is 12.0. The van der Waals surface area contributed by atoms with Crippen LogP contribution in [-0.2, 0) is 4.74 Å². The van der Waals surface area contributed by atoms with Gasteiger partial charge in [0.1, 0.15) is 0 Å². The number of carbonyl (C=O) groups is 1. The van der Waals surface area contributed by atoms with E-state index in [1.807, 2.05) is 35.3 Å². The van der Waals surface area contributed by atoms with E-state index in [1.54, 1.807) is 11.8 Å². The summed E-state index contributed by atoms with van der Waals surface area (Å²) in [5, 5.41) is 2.00. The third kappa shape index (κ3) is 9.51. The minimum Gasteiger partial charge on any atom is -0.294 e. The average molecular weight is 441 g/mol. The summed E-state index contributed by atoms with van der Waals surface area (Å²) in [6.45, 7) is 2.76. The van der Waals surface area contributed by atoms with E-state index in [9.17, 15) is 14.6 Å². The number of ether oxygens (including phenoxy) is 1. The van der Waals surface area contributed by atoms with Gasteiger partial charge in [-0.05, 0) is 0 Å². The SMILES string of the molecule is CN(N1CCOCC1)[PH](O)(O)CCCCCCCCCCCC(=O)c1ccccc1. The van der Waals surface area contributed by atoms with Crippen molar-refractivity contribution in [2.24, 2.45) is 0 Å². The van der Waals surface area contributed by atoms with Crippen molar-refractivity contribution in [2.75, 3.05) is 39.5 Å². The Hall–Kier alpha value is -0.880. The molecule has 0 spiro atoms. The van der Waals surface area contributed by atoms with E-state index in [0.29, 0.717) is 25.8 Å². The maximum absolute atomic E-state index is 12.0. The van der Waals surface area contributed by atoms with Crippen LogP contribution in [0.1, 0.15) is 74.6 Å². The molecule has 1 heterocycles. The molecule has 2 N–H and O–H groups in total. The van der Waals surface area contributed by atoms with E-state index in [0.717, 1.165) is 50.8 Å². The molecule has 1 aliphatic rings. The first-order chi connectivity index (χ1) is 14.5. The van der Waals surface area contributed by atoms with Crippen LogP contribution in [0.25, 0.3) is 0 Å². The number of hydrogen-bond acceptors (Lipinski definition) is 6. The monoisotopic (exact) mass is 440 g/mol. The van der Waals surface area contributed by atoms with E-state index in [2.05, 4.69) is 0 Å². The number of rotatable bonds is 15. The van der Waals surface area contributed by atoms with E-state index in [1.165, 1.54) is 25.7 Å². The summed E-state index contributed by atoms with van der Waals surface area (Å²) in [6.07, 6.45) is 11.2. The Kier molecular flexibility index (Phi) is 12.0. The molecule has 0 saturated carbocycles. The van der Waals surface area contributed by atoms with Crippen LogP contribution in [0.4, 0.5) is 0 Å². The third-order valence-corrected chi connectivity index (χ3v) is 8.29. The molecular formula is C23H41N2O4P. The number of nitrogens with zero attached hydrogens (tertiary/aromatic N) is 2. The van der Waals surface area contributed by atoms with Crippen LogP contribution < -0.4 is 0 Å². The normalized spacial score (nSPS) is 16.1. The molecule has 0 radical (unpaired) electrons. The minimum absolute atomic E-state index is 0.252. The van der Waals surface area contributed by atoms with Crippen molar-refractivity contribution in [1.82, 2.24) is 9.79 Å². The molecule has 2 rings (SSSR count). The Bertz CT molecular complexity index is 594. The van der Waals surface area contributed by atoms with E-state index in [4.69, 9.17) is 4.74 Å². The van der Waals surface area contributed by atoms with E-state index in [-0.39, 0.29) is 5.78 Å². The number of carbonyl (C=O) groups excluding carboxylic acids is 1. The minimum atomic E-state index is -3.34. The zero-order valence-corrected chi connectivity index (χ0v) is 19.6. The molecule has 0 unspecified atom stereocenters. The number of morpholine rings is 1. The second kappa shape index (κ2) is 14.2. The molecule has 172 valence electrons. The second-order valence-electron chi connectivity index (χ2n) is 8.34. The van der Waals surface area contributed by atoms with Gasteiger partial charge in [-0.25, -0.2) is 0 Å². The van der Waals surface area contributed by atoms with Crippen LogP contribution >= 0.6 is 7.87 Å². The molecule has 1 aromatic carbocycles. The predicted molar refractivity (Wildman–Crippen MR) is 125 cm³/mol. The fourth-order valence-corrected chi connectivity index (χ4v) is 5.60. The van der Waals surface area contributed by atoms with Crippen molar-refractivity contribution < 1.29 is 19.3 Å². The smallest absolute Gasteiger partial charge is 0.294 e. The van der Waals surface area contributed by atoms with Gasteiger partial charge >= 0.3 is 142 Å². The Morgan fingerprint density at radius 2 is 1.47 bits per heavy atom. The Morgan fingerprint density at radius 3 is 2.07 bits per heavy atom. The van der Waals surface area contributed by atoms with Crippen molar-refractivity contribution in [3.63, 3.8) is 0 Å². The van der Waals surface area contributed by atoms with Crippen LogP contribution in [0.2, 0.25) is 0 Å². The van der Waals surface area contributed by atoms with E-state index >= 15 is 0 Å². The second-order valence-corrected chi connectivity index (χ2v) is 11.0. The quantitative estimate of drug-likeness (QED) is 0.239. The van der Waals surface area contributed by atoms with Gasteiger partial charge in [0.2, 0.25) is 0 Å². The van der Waals surface area contributed by atoms with Gasteiger partial charge in [-0.3, -0.25) is 4.79 Å². The van der Waals surface area contributed by atoms with Gasteiger partial charge in [0.25, 0.3) is 0 Å². The van der Waals surface area contributed by atoms with Crippen LogP contribution in [0.15, 0.2) is 30.3 Å². The van der Waals surface area contributed by atoms with Crippen molar-refractivity contribution in [2.45, 2.75) is 64.2 Å². The predicted octanol–water partition coefficient (Wildman–Crippen LogP) is 4.43. The summed E-state index contributed by atoms with van der Waals surface area (Å²) in [5.74, 6) is 0.252. The van der Waals surface area contributed by atoms with Crippen LogP contribution in [0.5, 0.6) is 0 Å². The molecule has 6 nitrogen and oxygen atoms in total. The van der Waals surface area contributed by atoms with Gasteiger partial charge in [0.15, 0.2) is 0 Å². The molecule has 1 saturated heterocycles. The number of hydrogen-bond donors (Lipinski definition) is 2. The molecule has 0 bridgehead atoms. The van der Waals surface area contributed by atoms with Crippen LogP contribution in [-0.4, -0.2) is 64.9 Å². The number of ketones is 1. The van der Waals surface area contributed by atoms with Gasteiger partial charge in [-0.2, -0.15) is 0 Å². The van der Waals surface area contributed by atoms with Gasteiger partial charge in [0.05, 0.1) is 0 Å². The molecule has 1 aromatic rings. The van der Waals surface area contributed by atoms with Gasteiger partial charge < -0.3 is 0 Å². The molecule has 7 heteroatoms. The fourth-order valence-electron chi connectivity index (χ4n) is 3.90. The molecule has 1 fully saturated rings. The van der Waals surface area contributed by atoms with Crippen molar-refractivity contribution in [3.8, 4) is 0 Å². The summed E-state index contributed by atoms with van der Waals surface area (Å²) in [6, 6.07) is 9.55. The molecular weight excluding hydrogens is 399 g/mol. The first-order valence-electron chi connectivity index (χ1n) is 11.6. The summed E-state index contributed by atoms with van der Waals surface area (Å²) >= 11 is 0. The van der Waals surface area contributed by atoms with E-state index < -0.39 is 7.87 Å². The Labute approximate surface area is 182 Å². The standard InChI is InChI=1S/C23H41N2O4P/c1-24(25-17-19-29-20-18-25)30(27,28)21-13-8-6-4-2-3-5-7-12-16-23(26)22-14-10-9-11-15-22/h9-11,14-15,27-28,30H,2-8,12-13,16-21H2,1H3. The molecule has 1 aliphatic heterocycles. The van der Waals surface area contributed by atoms with Crippen molar-refractivity contribution in [3.05, 3.63) is 35.9 Å². The topological polar surface area (TPSA) is 73.2 Å². The molecule has 30 heavy (non-hydrogen) atoms. The molecule has 0 amide bonds. The van der Waals surface area contributed by atoms with Crippen LogP contribution in [0, 0.1) is 0 Å². The average Bonchev–Trinajstić information content (AvgIpc) is 2.78. The zero-order chi connectivity index (χ0) is 21.7. The summed E-state index contributed by atoms with van der Waals surface area (Å²) in [4.78, 5) is 33.0. The van der Waals surface area contributed by atoms with Crippen molar-refractivity contribution >= 4 is 13.7 Å². The van der Waals surface area contributed by atoms with Gasteiger partial charge in [-0.1, -0.05) is 30.3 Å². The Morgan fingerprint density at radius 1 is 0.933 bits per heavy atom. The van der Waals surface area contributed by atoms with Gasteiger partial charge in [0, 0.05) is 5.56 Å². The third-order valence-electron chi connectivity index (χ3n) is 5.94. The number of unbranched alkanes of at least 4 members (excludes halogenated alkanes) is 8.